The molecule has 2 rings (SSSR count). The average molecular weight is 532 g/mol. The number of aryl methyl sites for hydroxylation is 4. The van der Waals surface area contributed by atoms with Crippen molar-refractivity contribution in [3.05, 3.63) is 36.9 Å². The molecular formula is C16H30I2N4. The smallest absolute Gasteiger partial charge is 0.253 e. The number of hydrogen-bond donors (Lipinski definition) is 0. The summed E-state index contributed by atoms with van der Waals surface area (Å²) < 4.78 is 8.68. The van der Waals surface area contributed by atoms with Crippen LogP contribution in [0.25, 0.3) is 0 Å². The second kappa shape index (κ2) is 13.3. The molecule has 128 valence electrons. The van der Waals surface area contributed by atoms with Crippen LogP contribution in [0.1, 0.15) is 38.9 Å². The molecule has 0 unspecified atom stereocenters. The van der Waals surface area contributed by atoms with Crippen molar-refractivity contribution in [3.63, 3.8) is 0 Å². The molecule has 2 aromatic rings. The Morgan fingerprint density at radius 3 is 2.05 bits per heavy atom. The molecule has 0 radical (unpaired) electrons. The summed E-state index contributed by atoms with van der Waals surface area (Å²) in [5.41, 5.74) is 0. The summed E-state index contributed by atoms with van der Waals surface area (Å²) in [6, 6.07) is 0. The molecule has 0 saturated heterocycles. The molecule has 6 heteroatoms. The molecule has 0 N–H and O–H groups in total. The van der Waals surface area contributed by atoms with E-state index in [0.717, 1.165) is 13.1 Å². The molecule has 0 amide bonds. The van der Waals surface area contributed by atoms with Gasteiger partial charge in [-0.1, -0.05) is 20.3 Å². The first kappa shape index (κ1) is 24.1. The lowest BCUT2D eigenvalue weighted by molar-refractivity contribution is -0.677. The number of hydrogen-bond acceptors (Lipinski definition) is 0. The maximum absolute atomic E-state index is 2.30. The zero-order valence-corrected chi connectivity index (χ0v) is 18.8. The molecule has 0 saturated carbocycles. The molecule has 0 aliphatic heterocycles. The molecule has 0 atom stereocenters. The van der Waals surface area contributed by atoms with Crippen molar-refractivity contribution in [2.24, 2.45) is 14.1 Å². The lowest BCUT2D eigenvalue weighted by Gasteiger charge is -1.95. The van der Waals surface area contributed by atoms with Gasteiger partial charge in [-0.2, -0.15) is 0 Å². The van der Waals surface area contributed by atoms with E-state index in [0.29, 0.717) is 0 Å². The molecule has 0 bridgehead atoms. The van der Waals surface area contributed by atoms with Gasteiger partial charge >= 0.3 is 0 Å². The van der Waals surface area contributed by atoms with Crippen molar-refractivity contribution in [1.82, 2.24) is 9.13 Å². The standard InChI is InChI=1S/C9H17N2.C7H13N2.2HI/c1-4-5-6-11-8-7-10(3)9(11)2;1-3-4-9-6-5-8(2)7-9;;/h7-8H,4-6H2,1-3H3;5-7H,3-4H2,1-2H3;2*1H/q2*+1;;/p-2. The van der Waals surface area contributed by atoms with E-state index in [1.54, 1.807) is 0 Å². The minimum atomic E-state index is 0. The minimum Gasteiger partial charge on any atom is -1.00 e. The van der Waals surface area contributed by atoms with Gasteiger partial charge in [0, 0.05) is 6.92 Å². The first-order valence-corrected chi connectivity index (χ1v) is 7.60. The van der Waals surface area contributed by atoms with Gasteiger partial charge in [-0.25, -0.2) is 18.3 Å². The highest BCUT2D eigenvalue weighted by Gasteiger charge is 2.06. The van der Waals surface area contributed by atoms with E-state index in [9.17, 15) is 0 Å². The fourth-order valence-electron chi connectivity index (χ4n) is 2.06. The second-order valence-corrected chi connectivity index (χ2v) is 5.32. The van der Waals surface area contributed by atoms with Gasteiger partial charge in [0.15, 0.2) is 0 Å². The number of rotatable bonds is 5. The number of imidazole rings is 2. The van der Waals surface area contributed by atoms with Crippen molar-refractivity contribution >= 4 is 0 Å². The fourth-order valence-corrected chi connectivity index (χ4v) is 2.06. The molecule has 0 fully saturated rings. The third-order valence-corrected chi connectivity index (χ3v) is 3.45. The first-order valence-electron chi connectivity index (χ1n) is 7.60. The van der Waals surface area contributed by atoms with Crippen LogP contribution in [-0.4, -0.2) is 9.13 Å². The van der Waals surface area contributed by atoms with Crippen LogP contribution >= 0.6 is 0 Å². The monoisotopic (exact) mass is 532 g/mol. The van der Waals surface area contributed by atoms with Gasteiger partial charge in [0.05, 0.1) is 27.2 Å². The molecule has 0 aliphatic rings. The summed E-state index contributed by atoms with van der Waals surface area (Å²) in [6.07, 6.45) is 14.2. The highest BCUT2D eigenvalue weighted by molar-refractivity contribution is 4.78. The summed E-state index contributed by atoms with van der Waals surface area (Å²) >= 11 is 0. The van der Waals surface area contributed by atoms with Gasteiger partial charge in [0.1, 0.15) is 24.8 Å². The maximum atomic E-state index is 2.30. The van der Waals surface area contributed by atoms with E-state index in [4.69, 9.17) is 0 Å². The Bertz CT molecular complexity index is 506. The van der Waals surface area contributed by atoms with Gasteiger partial charge in [-0.05, 0) is 12.8 Å². The molecule has 22 heavy (non-hydrogen) atoms. The Hall–Kier alpha value is -0.120. The van der Waals surface area contributed by atoms with E-state index in [1.165, 1.54) is 25.1 Å². The average Bonchev–Trinajstić information content (AvgIpc) is 2.97. The molecule has 0 spiro atoms. The number of unbranched alkanes of at least 4 members (excludes halogenated alkanes) is 1. The Morgan fingerprint density at radius 1 is 0.955 bits per heavy atom. The van der Waals surface area contributed by atoms with E-state index < -0.39 is 0 Å². The van der Waals surface area contributed by atoms with Crippen LogP contribution < -0.4 is 57.1 Å². The molecular weight excluding hydrogens is 502 g/mol. The Kier molecular flexibility index (Phi) is 14.6. The topological polar surface area (TPSA) is 17.6 Å². The molecule has 4 nitrogen and oxygen atoms in total. The lowest BCUT2D eigenvalue weighted by atomic mass is 10.3. The Labute approximate surface area is 169 Å². The zero-order valence-electron chi connectivity index (χ0n) is 14.5. The highest BCUT2D eigenvalue weighted by Crippen LogP contribution is 1.97. The third kappa shape index (κ3) is 8.50. The van der Waals surface area contributed by atoms with E-state index in [2.05, 4.69) is 77.2 Å². The SMILES string of the molecule is CCCCn1cc[n+](C)c1C.CCCn1cc[n+](C)c1.[I-].[I-]. The van der Waals surface area contributed by atoms with E-state index >= 15 is 0 Å². The molecule has 0 aliphatic carbocycles. The van der Waals surface area contributed by atoms with Crippen LogP contribution in [0.2, 0.25) is 0 Å². The van der Waals surface area contributed by atoms with Crippen LogP contribution in [0.4, 0.5) is 0 Å². The van der Waals surface area contributed by atoms with Crippen molar-refractivity contribution in [3.8, 4) is 0 Å². The van der Waals surface area contributed by atoms with Crippen LogP contribution in [0.3, 0.4) is 0 Å². The highest BCUT2D eigenvalue weighted by atomic mass is 127. The summed E-state index contributed by atoms with van der Waals surface area (Å²) in [4.78, 5) is 0. The lowest BCUT2D eigenvalue weighted by Crippen LogP contribution is -3.00. The van der Waals surface area contributed by atoms with Crippen LogP contribution in [-0.2, 0) is 27.2 Å². The molecule has 0 aromatic carbocycles. The van der Waals surface area contributed by atoms with Gasteiger partial charge in [0.2, 0.25) is 6.33 Å². The predicted octanol–water partition coefficient (Wildman–Crippen LogP) is -3.85. The Balaban J connectivity index is 0. The summed E-state index contributed by atoms with van der Waals surface area (Å²) in [5, 5.41) is 0. The van der Waals surface area contributed by atoms with Crippen molar-refractivity contribution < 1.29 is 57.1 Å². The van der Waals surface area contributed by atoms with Crippen molar-refractivity contribution in [2.75, 3.05) is 0 Å². The summed E-state index contributed by atoms with van der Waals surface area (Å²) in [6.45, 7) is 8.83. The second-order valence-electron chi connectivity index (χ2n) is 5.32. The largest absolute Gasteiger partial charge is 1.00 e. The van der Waals surface area contributed by atoms with E-state index in [1.807, 2.05) is 7.05 Å². The normalized spacial score (nSPS) is 9.32. The summed E-state index contributed by atoms with van der Waals surface area (Å²) in [5.74, 6) is 1.33. The van der Waals surface area contributed by atoms with Crippen molar-refractivity contribution in [2.45, 2.75) is 53.1 Å². The first-order chi connectivity index (χ1) is 9.58. The van der Waals surface area contributed by atoms with Gasteiger partial charge in [-0.3, -0.25) is 0 Å². The van der Waals surface area contributed by atoms with Crippen LogP contribution in [0.5, 0.6) is 0 Å². The molecule has 2 aromatic heterocycles. The van der Waals surface area contributed by atoms with Gasteiger partial charge < -0.3 is 48.0 Å². The maximum Gasteiger partial charge on any atom is 0.253 e. The summed E-state index contributed by atoms with van der Waals surface area (Å²) in [7, 11) is 4.12. The Morgan fingerprint density at radius 2 is 1.64 bits per heavy atom. The van der Waals surface area contributed by atoms with Crippen LogP contribution in [0.15, 0.2) is 31.1 Å². The van der Waals surface area contributed by atoms with Crippen LogP contribution in [0, 0.1) is 6.92 Å². The quantitative estimate of drug-likeness (QED) is 0.278. The van der Waals surface area contributed by atoms with Crippen molar-refractivity contribution in [1.29, 1.82) is 0 Å². The molecule has 2 heterocycles. The van der Waals surface area contributed by atoms with Gasteiger partial charge in [0.25, 0.3) is 5.82 Å². The van der Waals surface area contributed by atoms with Gasteiger partial charge in [-0.15, -0.1) is 0 Å². The number of nitrogens with zero attached hydrogens (tertiary/aromatic N) is 4. The third-order valence-electron chi connectivity index (χ3n) is 3.45. The fraction of sp³-hybridized carbons (Fsp3) is 0.625. The number of halogens is 2. The zero-order chi connectivity index (χ0) is 15.0. The number of aromatic nitrogens is 4. The van der Waals surface area contributed by atoms with E-state index in [-0.39, 0.29) is 48.0 Å². The predicted molar refractivity (Wildman–Crippen MR) is 81.2 cm³/mol. The minimum absolute atomic E-state index is 0.